The van der Waals surface area contributed by atoms with E-state index in [1.165, 1.54) is 18.4 Å². The molecule has 0 radical (unpaired) electrons. The van der Waals surface area contributed by atoms with Gasteiger partial charge < -0.3 is 9.64 Å². The molecule has 4 nitrogen and oxygen atoms in total. The predicted octanol–water partition coefficient (Wildman–Crippen LogP) is 3.62. The Balaban J connectivity index is 1.33. The fourth-order valence-corrected chi connectivity index (χ4v) is 4.58. The number of anilines is 1. The van der Waals surface area contributed by atoms with Gasteiger partial charge in [0.15, 0.2) is 0 Å². The van der Waals surface area contributed by atoms with Gasteiger partial charge in [-0.25, -0.2) is 4.39 Å². The van der Waals surface area contributed by atoms with Crippen LogP contribution >= 0.6 is 0 Å². The van der Waals surface area contributed by atoms with Crippen molar-refractivity contribution in [2.45, 2.75) is 25.4 Å². The minimum Gasteiger partial charge on any atom is -0.496 e. The first-order valence-electron chi connectivity index (χ1n) is 10.3. The van der Waals surface area contributed by atoms with E-state index < -0.39 is 0 Å². The van der Waals surface area contributed by atoms with Crippen molar-refractivity contribution in [2.75, 3.05) is 51.3 Å². The Bertz CT molecular complexity index is 776. The number of piperidine rings is 1. The van der Waals surface area contributed by atoms with Crippen LogP contribution in [0.25, 0.3) is 0 Å². The van der Waals surface area contributed by atoms with Gasteiger partial charge in [0.05, 0.1) is 12.8 Å². The maximum atomic E-state index is 14.1. The van der Waals surface area contributed by atoms with Crippen LogP contribution in [0.2, 0.25) is 0 Å². The minimum absolute atomic E-state index is 0.114. The zero-order valence-electron chi connectivity index (χ0n) is 16.7. The molecule has 2 aromatic carbocycles. The van der Waals surface area contributed by atoms with Gasteiger partial charge in [-0.05, 0) is 37.6 Å². The smallest absolute Gasteiger partial charge is 0.146 e. The molecule has 0 amide bonds. The average Bonchev–Trinajstić information content (AvgIpc) is 2.75. The Morgan fingerprint density at radius 2 is 1.71 bits per heavy atom. The molecule has 5 heteroatoms. The minimum atomic E-state index is -0.114. The van der Waals surface area contributed by atoms with Gasteiger partial charge in [-0.3, -0.25) is 9.80 Å². The summed E-state index contributed by atoms with van der Waals surface area (Å²) in [7, 11) is 1.74. The Morgan fingerprint density at radius 3 is 2.50 bits per heavy atom. The van der Waals surface area contributed by atoms with E-state index in [0.29, 0.717) is 6.04 Å². The summed E-state index contributed by atoms with van der Waals surface area (Å²) in [5.74, 6) is 0.861. The number of benzene rings is 2. The number of piperazine rings is 1. The molecular weight excluding hydrogens is 353 g/mol. The van der Waals surface area contributed by atoms with E-state index in [9.17, 15) is 4.39 Å². The molecule has 0 N–H and O–H groups in total. The van der Waals surface area contributed by atoms with E-state index in [1.54, 1.807) is 19.2 Å². The maximum absolute atomic E-state index is 14.1. The summed E-state index contributed by atoms with van der Waals surface area (Å²) in [4.78, 5) is 7.34. The standard InChI is InChI=1S/C23H30FN3O/c1-28-23-11-5-2-7-19(23)17-25-12-6-8-20(18-25)26-13-15-27(16-14-26)22-10-4-3-9-21(22)24/h2-5,7,9-11,20H,6,8,12-18H2,1H3/t20-/m1/s1. The molecule has 2 heterocycles. The third-order valence-corrected chi connectivity index (χ3v) is 6.09. The average molecular weight is 384 g/mol. The monoisotopic (exact) mass is 383 g/mol. The SMILES string of the molecule is COc1ccccc1CN1CCC[C@@H](N2CCN(c3ccccc3F)CC2)C1. The van der Waals surface area contributed by atoms with E-state index in [1.807, 2.05) is 24.3 Å². The number of rotatable bonds is 5. The Hall–Kier alpha value is -2.11. The van der Waals surface area contributed by atoms with Gasteiger partial charge in [0.1, 0.15) is 11.6 Å². The molecule has 2 aliphatic heterocycles. The quantitative estimate of drug-likeness (QED) is 0.785. The van der Waals surface area contributed by atoms with Gasteiger partial charge in [0.2, 0.25) is 0 Å². The molecule has 2 fully saturated rings. The summed E-state index contributed by atoms with van der Waals surface area (Å²) < 4.78 is 19.6. The summed E-state index contributed by atoms with van der Waals surface area (Å²) in [6.07, 6.45) is 2.48. The molecule has 1 atom stereocenters. The summed E-state index contributed by atoms with van der Waals surface area (Å²) in [5.41, 5.74) is 2.00. The molecule has 2 aromatic rings. The largest absolute Gasteiger partial charge is 0.496 e. The molecule has 150 valence electrons. The number of hydrogen-bond acceptors (Lipinski definition) is 4. The summed E-state index contributed by atoms with van der Waals surface area (Å²) in [6.45, 7) is 6.97. The van der Waals surface area contributed by atoms with Crippen molar-refractivity contribution in [1.82, 2.24) is 9.80 Å². The maximum Gasteiger partial charge on any atom is 0.146 e. The van der Waals surface area contributed by atoms with Crippen LogP contribution in [0.1, 0.15) is 18.4 Å². The van der Waals surface area contributed by atoms with Gasteiger partial charge in [0.25, 0.3) is 0 Å². The molecule has 0 spiro atoms. The predicted molar refractivity (Wildman–Crippen MR) is 111 cm³/mol. The van der Waals surface area contributed by atoms with Crippen LogP contribution in [0.5, 0.6) is 5.75 Å². The number of nitrogens with zero attached hydrogens (tertiary/aromatic N) is 3. The first-order valence-corrected chi connectivity index (χ1v) is 10.3. The second-order valence-electron chi connectivity index (χ2n) is 7.82. The first-order chi connectivity index (χ1) is 13.7. The van der Waals surface area contributed by atoms with Gasteiger partial charge >= 0.3 is 0 Å². The molecule has 0 unspecified atom stereocenters. The highest BCUT2D eigenvalue weighted by Gasteiger charge is 2.29. The third-order valence-electron chi connectivity index (χ3n) is 6.09. The van der Waals surface area contributed by atoms with Gasteiger partial charge in [-0.15, -0.1) is 0 Å². The number of likely N-dealkylation sites (tertiary alicyclic amines) is 1. The van der Waals surface area contributed by atoms with Gasteiger partial charge in [-0.1, -0.05) is 30.3 Å². The van der Waals surface area contributed by atoms with E-state index in [-0.39, 0.29) is 5.82 Å². The van der Waals surface area contributed by atoms with E-state index >= 15 is 0 Å². The number of ether oxygens (including phenoxy) is 1. The van der Waals surface area contributed by atoms with Crippen molar-refractivity contribution in [3.63, 3.8) is 0 Å². The lowest BCUT2D eigenvalue weighted by atomic mass is 10.0. The van der Waals surface area contributed by atoms with Crippen LogP contribution in [0.3, 0.4) is 0 Å². The second kappa shape index (κ2) is 8.93. The Kier molecular flexibility index (Phi) is 6.13. The highest BCUT2D eigenvalue weighted by atomic mass is 19.1. The van der Waals surface area contributed by atoms with Crippen LogP contribution < -0.4 is 9.64 Å². The van der Waals surface area contributed by atoms with E-state index in [4.69, 9.17) is 4.74 Å². The fourth-order valence-electron chi connectivity index (χ4n) is 4.58. The van der Waals surface area contributed by atoms with Crippen LogP contribution in [-0.2, 0) is 6.54 Å². The zero-order chi connectivity index (χ0) is 19.3. The molecule has 4 rings (SSSR count). The summed E-state index contributed by atoms with van der Waals surface area (Å²) >= 11 is 0. The van der Waals surface area contributed by atoms with Crippen LogP contribution in [0, 0.1) is 5.82 Å². The van der Waals surface area contributed by atoms with Crippen LogP contribution in [0.4, 0.5) is 10.1 Å². The third kappa shape index (κ3) is 4.31. The van der Waals surface area contributed by atoms with Gasteiger partial charge in [-0.2, -0.15) is 0 Å². The zero-order valence-corrected chi connectivity index (χ0v) is 16.7. The van der Waals surface area contributed by atoms with Gasteiger partial charge in [0, 0.05) is 50.9 Å². The highest BCUT2D eigenvalue weighted by molar-refractivity contribution is 5.48. The number of hydrogen-bond donors (Lipinski definition) is 0. The lowest BCUT2D eigenvalue weighted by Gasteiger charge is -2.44. The molecule has 0 aliphatic carbocycles. The number of methoxy groups -OCH3 is 1. The normalized spacial score (nSPS) is 21.6. The summed E-state index contributed by atoms with van der Waals surface area (Å²) in [6, 6.07) is 16.0. The van der Waals surface area contributed by atoms with Crippen LogP contribution in [-0.4, -0.2) is 62.2 Å². The van der Waals surface area contributed by atoms with Crippen molar-refractivity contribution >= 4 is 5.69 Å². The molecule has 0 aromatic heterocycles. The van der Waals surface area contributed by atoms with Crippen molar-refractivity contribution < 1.29 is 9.13 Å². The lowest BCUT2D eigenvalue weighted by Crippen LogP contribution is -2.55. The first kappa shape index (κ1) is 19.2. The highest BCUT2D eigenvalue weighted by Crippen LogP contribution is 2.25. The Labute approximate surface area is 167 Å². The lowest BCUT2D eigenvalue weighted by molar-refractivity contribution is 0.0882. The molecule has 0 saturated carbocycles. The molecule has 2 saturated heterocycles. The van der Waals surface area contributed by atoms with Crippen molar-refractivity contribution in [1.29, 1.82) is 0 Å². The molecule has 0 bridgehead atoms. The van der Waals surface area contributed by atoms with Crippen molar-refractivity contribution in [2.24, 2.45) is 0 Å². The summed E-state index contributed by atoms with van der Waals surface area (Å²) in [5, 5.41) is 0. The Morgan fingerprint density at radius 1 is 0.964 bits per heavy atom. The topological polar surface area (TPSA) is 19.0 Å². The van der Waals surface area contributed by atoms with Crippen molar-refractivity contribution in [3.8, 4) is 5.75 Å². The van der Waals surface area contributed by atoms with E-state index in [0.717, 1.165) is 57.3 Å². The molecule has 28 heavy (non-hydrogen) atoms. The van der Waals surface area contributed by atoms with Crippen molar-refractivity contribution in [3.05, 3.63) is 59.9 Å². The molecular formula is C23H30FN3O. The van der Waals surface area contributed by atoms with Crippen LogP contribution in [0.15, 0.2) is 48.5 Å². The molecule has 2 aliphatic rings. The number of halogens is 1. The number of para-hydroxylation sites is 2. The fraction of sp³-hybridized carbons (Fsp3) is 0.478. The second-order valence-corrected chi connectivity index (χ2v) is 7.82. The van der Waals surface area contributed by atoms with E-state index in [2.05, 4.69) is 26.8 Å².